The van der Waals surface area contributed by atoms with Crippen molar-refractivity contribution in [2.75, 3.05) is 19.6 Å². The van der Waals surface area contributed by atoms with E-state index in [1.54, 1.807) is 0 Å². The van der Waals surface area contributed by atoms with Gasteiger partial charge < -0.3 is 10.6 Å². The predicted octanol–water partition coefficient (Wildman–Crippen LogP) is 0.725. The fourth-order valence-electron chi connectivity index (χ4n) is 1.59. The molecule has 1 aliphatic carbocycles. The molecule has 0 aromatic heterocycles. The molecule has 2 rings (SSSR count). The van der Waals surface area contributed by atoms with Crippen LogP contribution in [0.5, 0.6) is 0 Å². The lowest BCUT2D eigenvalue weighted by atomic mass is 9.85. The van der Waals surface area contributed by atoms with Crippen molar-refractivity contribution in [1.82, 2.24) is 10.6 Å². The predicted molar refractivity (Wildman–Crippen MR) is 50.3 cm³/mol. The maximum absolute atomic E-state index is 4.35. The lowest BCUT2D eigenvalue weighted by Gasteiger charge is -2.27. The van der Waals surface area contributed by atoms with Gasteiger partial charge in [-0.2, -0.15) is 0 Å². The summed E-state index contributed by atoms with van der Waals surface area (Å²) in [6.07, 6.45) is 5.40. The van der Waals surface area contributed by atoms with E-state index in [0.29, 0.717) is 0 Å². The first-order valence-corrected chi connectivity index (χ1v) is 4.97. The van der Waals surface area contributed by atoms with E-state index >= 15 is 0 Å². The topological polar surface area (TPSA) is 36.4 Å². The van der Waals surface area contributed by atoms with E-state index in [1.807, 2.05) is 0 Å². The van der Waals surface area contributed by atoms with E-state index in [2.05, 4.69) is 15.6 Å². The number of hydrogen-bond donors (Lipinski definition) is 2. The molecule has 0 saturated heterocycles. The average molecular weight is 167 g/mol. The summed E-state index contributed by atoms with van der Waals surface area (Å²) in [5.74, 6) is 1.93. The molecule has 2 aliphatic rings. The molecule has 12 heavy (non-hydrogen) atoms. The normalized spacial score (nSPS) is 23.8. The molecule has 0 aromatic carbocycles. The minimum atomic E-state index is 0.913. The molecule has 3 heteroatoms. The van der Waals surface area contributed by atoms with Crippen LogP contribution in [0.1, 0.15) is 25.7 Å². The van der Waals surface area contributed by atoms with E-state index in [4.69, 9.17) is 0 Å². The molecule has 68 valence electrons. The third-order valence-corrected chi connectivity index (χ3v) is 2.68. The first-order chi connectivity index (χ1) is 5.95. The molecule has 3 nitrogen and oxygen atoms in total. The highest BCUT2D eigenvalue weighted by Crippen LogP contribution is 2.24. The van der Waals surface area contributed by atoms with Gasteiger partial charge in [-0.3, -0.25) is 4.99 Å². The van der Waals surface area contributed by atoms with E-state index in [-0.39, 0.29) is 0 Å². The van der Waals surface area contributed by atoms with Gasteiger partial charge >= 0.3 is 0 Å². The molecule has 1 aliphatic heterocycles. The zero-order valence-electron chi connectivity index (χ0n) is 7.47. The summed E-state index contributed by atoms with van der Waals surface area (Å²) in [5.41, 5.74) is 0. The van der Waals surface area contributed by atoms with Gasteiger partial charge in [-0.15, -0.1) is 0 Å². The molecule has 0 amide bonds. The lowest BCUT2D eigenvalue weighted by molar-refractivity contribution is 0.314. The van der Waals surface area contributed by atoms with Crippen molar-refractivity contribution < 1.29 is 0 Å². The second-order valence-electron chi connectivity index (χ2n) is 3.69. The van der Waals surface area contributed by atoms with Gasteiger partial charge in [0.05, 0.1) is 0 Å². The highest BCUT2D eigenvalue weighted by molar-refractivity contribution is 5.80. The SMILES string of the molecule is C1CN=C(NCC2CCC2)NC1. The summed E-state index contributed by atoms with van der Waals surface area (Å²) >= 11 is 0. The van der Waals surface area contributed by atoms with Crippen molar-refractivity contribution in [3.8, 4) is 0 Å². The van der Waals surface area contributed by atoms with Gasteiger partial charge in [-0.05, 0) is 25.2 Å². The van der Waals surface area contributed by atoms with Crippen molar-refractivity contribution in [3.63, 3.8) is 0 Å². The van der Waals surface area contributed by atoms with Gasteiger partial charge in [-0.1, -0.05) is 6.42 Å². The van der Waals surface area contributed by atoms with Crippen LogP contribution in [0.3, 0.4) is 0 Å². The second-order valence-corrected chi connectivity index (χ2v) is 3.69. The molecule has 1 heterocycles. The average Bonchev–Trinajstić information content (AvgIpc) is 2.04. The minimum absolute atomic E-state index is 0.913. The van der Waals surface area contributed by atoms with E-state index in [0.717, 1.165) is 31.5 Å². The minimum Gasteiger partial charge on any atom is -0.356 e. The fraction of sp³-hybridized carbons (Fsp3) is 0.889. The number of guanidine groups is 1. The van der Waals surface area contributed by atoms with Crippen molar-refractivity contribution in [1.29, 1.82) is 0 Å². The van der Waals surface area contributed by atoms with Crippen LogP contribution >= 0.6 is 0 Å². The smallest absolute Gasteiger partial charge is 0.191 e. The Morgan fingerprint density at radius 1 is 1.42 bits per heavy atom. The molecule has 0 unspecified atom stereocenters. The van der Waals surface area contributed by atoms with E-state index in [9.17, 15) is 0 Å². The molecule has 1 saturated carbocycles. The van der Waals surface area contributed by atoms with Crippen LogP contribution in [0.2, 0.25) is 0 Å². The zero-order chi connectivity index (χ0) is 8.23. The van der Waals surface area contributed by atoms with Crippen LogP contribution in [0.15, 0.2) is 4.99 Å². The van der Waals surface area contributed by atoms with Crippen molar-refractivity contribution in [2.24, 2.45) is 10.9 Å². The molecule has 1 fully saturated rings. The maximum Gasteiger partial charge on any atom is 0.191 e. The molecular formula is C9H17N3. The summed E-state index contributed by atoms with van der Waals surface area (Å²) in [5, 5.41) is 6.62. The molecule has 2 N–H and O–H groups in total. The van der Waals surface area contributed by atoms with Crippen LogP contribution in [-0.2, 0) is 0 Å². The molecule has 0 radical (unpaired) electrons. The number of nitrogens with zero attached hydrogens (tertiary/aromatic N) is 1. The first kappa shape index (κ1) is 7.90. The van der Waals surface area contributed by atoms with Crippen LogP contribution in [0, 0.1) is 5.92 Å². The van der Waals surface area contributed by atoms with Crippen molar-refractivity contribution in [2.45, 2.75) is 25.7 Å². The molecule has 0 aromatic rings. The standard InChI is InChI=1S/C9H17N3/c1-3-8(4-1)7-12-9-10-5-2-6-11-9/h8H,1-7H2,(H2,10,11,12). The Bertz CT molecular complexity index is 173. The molecule has 0 atom stereocenters. The third-order valence-electron chi connectivity index (χ3n) is 2.68. The van der Waals surface area contributed by atoms with Crippen LogP contribution in [0.4, 0.5) is 0 Å². The second kappa shape index (κ2) is 3.78. The van der Waals surface area contributed by atoms with Crippen molar-refractivity contribution >= 4 is 5.96 Å². The quantitative estimate of drug-likeness (QED) is 0.636. The highest BCUT2D eigenvalue weighted by atomic mass is 15.2. The Hall–Kier alpha value is -0.730. The summed E-state index contributed by atoms with van der Waals surface area (Å²) in [4.78, 5) is 4.35. The summed E-state index contributed by atoms with van der Waals surface area (Å²) in [7, 11) is 0. The fourth-order valence-corrected chi connectivity index (χ4v) is 1.59. The van der Waals surface area contributed by atoms with Gasteiger partial charge in [-0.25, -0.2) is 0 Å². The van der Waals surface area contributed by atoms with Gasteiger partial charge in [0.1, 0.15) is 0 Å². The third kappa shape index (κ3) is 1.90. The lowest BCUT2D eigenvalue weighted by Crippen LogP contribution is -2.43. The zero-order valence-corrected chi connectivity index (χ0v) is 7.47. The van der Waals surface area contributed by atoms with Crippen molar-refractivity contribution in [3.05, 3.63) is 0 Å². The van der Waals surface area contributed by atoms with Gasteiger partial charge in [0, 0.05) is 19.6 Å². The van der Waals surface area contributed by atoms with Gasteiger partial charge in [0.15, 0.2) is 5.96 Å². The van der Waals surface area contributed by atoms with Crippen LogP contribution in [0.25, 0.3) is 0 Å². The molecular weight excluding hydrogens is 150 g/mol. The number of rotatable bonds is 2. The largest absolute Gasteiger partial charge is 0.356 e. The molecule has 0 spiro atoms. The summed E-state index contributed by atoms with van der Waals surface area (Å²) < 4.78 is 0. The molecule has 0 bridgehead atoms. The Morgan fingerprint density at radius 3 is 2.92 bits per heavy atom. The Morgan fingerprint density at radius 2 is 2.33 bits per heavy atom. The van der Waals surface area contributed by atoms with Gasteiger partial charge in [0.2, 0.25) is 0 Å². The summed E-state index contributed by atoms with van der Waals surface area (Å²) in [6.45, 7) is 3.18. The van der Waals surface area contributed by atoms with E-state index in [1.165, 1.54) is 25.7 Å². The van der Waals surface area contributed by atoms with Crippen LogP contribution < -0.4 is 10.6 Å². The number of nitrogens with one attached hydrogen (secondary N) is 2. The maximum atomic E-state index is 4.35. The highest BCUT2D eigenvalue weighted by Gasteiger charge is 2.17. The Labute approximate surface area is 73.6 Å². The van der Waals surface area contributed by atoms with Gasteiger partial charge in [0.25, 0.3) is 0 Å². The number of aliphatic imine (C=N–C) groups is 1. The summed E-state index contributed by atoms with van der Waals surface area (Å²) in [6, 6.07) is 0. The van der Waals surface area contributed by atoms with Crippen LogP contribution in [-0.4, -0.2) is 25.6 Å². The Kier molecular flexibility index (Phi) is 2.49. The number of hydrogen-bond acceptors (Lipinski definition) is 3. The van der Waals surface area contributed by atoms with E-state index < -0.39 is 0 Å². The monoisotopic (exact) mass is 167 g/mol. The first-order valence-electron chi connectivity index (χ1n) is 4.97. The Balaban J connectivity index is 1.67.